The van der Waals surface area contributed by atoms with Crippen molar-refractivity contribution in [1.82, 2.24) is 5.32 Å². The van der Waals surface area contributed by atoms with E-state index in [1.54, 1.807) is 35.9 Å². The molecule has 1 heterocycles. The van der Waals surface area contributed by atoms with Crippen LogP contribution in [0.1, 0.15) is 5.56 Å². The third-order valence-corrected chi connectivity index (χ3v) is 2.77. The fourth-order valence-electron chi connectivity index (χ4n) is 1.73. The summed E-state index contributed by atoms with van der Waals surface area (Å²) in [6.07, 6.45) is 0.573. The number of carbonyl (C=O) groups excluding carboxylic acids is 1. The van der Waals surface area contributed by atoms with Gasteiger partial charge in [-0.25, -0.2) is 5.32 Å². The van der Waals surface area contributed by atoms with Gasteiger partial charge in [0.15, 0.2) is 6.04 Å². The lowest BCUT2D eigenvalue weighted by atomic mass is 10.1. The first-order valence-corrected chi connectivity index (χ1v) is 5.02. The molecule has 0 radical (unpaired) electrons. The topological polar surface area (TPSA) is 78.4 Å². The third kappa shape index (κ3) is 1.84. The molecular formula is C11H14N3O2+. The zero-order valence-corrected chi connectivity index (χ0v) is 8.97. The lowest BCUT2D eigenvalue weighted by Crippen LogP contribution is -2.33. The Labute approximate surface area is 93.2 Å². The van der Waals surface area contributed by atoms with E-state index in [4.69, 9.17) is 10.8 Å². The lowest BCUT2D eigenvalue weighted by molar-refractivity contribution is -0.518. The summed E-state index contributed by atoms with van der Waals surface area (Å²) in [6, 6.07) is 6.53. The first-order chi connectivity index (χ1) is 7.58. The van der Waals surface area contributed by atoms with E-state index >= 15 is 0 Å². The zero-order valence-electron chi connectivity index (χ0n) is 8.97. The van der Waals surface area contributed by atoms with E-state index in [1.165, 1.54) is 0 Å². The first-order valence-electron chi connectivity index (χ1n) is 5.02. The molecule has 0 fully saturated rings. The van der Waals surface area contributed by atoms with Crippen molar-refractivity contribution >= 4 is 11.9 Å². The molecule has 0 spiro atoms. The van der Waals surface area contributed by atoms with E-state index < -0.39 is 0 Å². The second-order valence-corrected chi connectivity index (χ2v) is 3.87. The molecule has 1 amide bonds. The molecule has 0 aromatic heterocycles. The Bertz CT molecular complexity index is 451. The van der Waals surface area contributed by atoms with Crippen molar-refractivity contribution in [2.75, 3.05) is 7.05 Å². The van der Waals surface area contributed by atoms with Gasteiger partial charge >= 0.3 is 11.9 Å². The summed E-state index contributed by atoms with van der Waals surface area (Å²) in [6.45, 7) is 0. The van der Waals surface area contributed by atoms with Crippen LogP contribution in [0.2, 0.25) is 0 Å². The van der Waals surface area contributed by atoms with Crippen LogP contribution in [0.3, 0.4) is 0 Å². The Morgan fingerprint density at radius 1 is 1.44 bits per heavy atom. The number of carbonyl (C=O) groups is 1. The molecule has 1 aliphatic rings. The van der Waals surface area contributed by atoms with Crippen molar-refractivity contribution < 1.29 is 14.5 Å². The molecule has 1 atom stereocenters. The molecular weight excluding hydrogens is 206 g/mol. The standard InChI is InChI=1S/C11H13N3O2/c1-14-9(10(16)13-11(14)12)6-7-2-4-8(15)5-3-7/h2-5,9H,6H2,1H3,(H3,12,13,15,16)/p+1/t9-/m1/s1. The minimum atomic E-state index is -0.274. The van der Waals surface area contributed by atoms with E-state index in [0.29, 0.717) is 12.4 Å². The summed E-state index contributed by atoms with van der Waals surface area (Å²) >= 11 is 0. The van der Waals surface area contributed by atoms with Crippen LogP contribution in [-0.4, -0.2) is 34.6 Å². The zero-order chi connectivity index (χ0) is 11.7. The van der Waals surface area contributed by atoms with Gasteiger partial charge in [0.2, 0.25) is 0 Å². The normalized spacial score (nSPS) is 20.1. The van der Waals surface area contributed by atoms with Gasteiger partial charge in [-0.15, -0.1) is 0 Å². The number of nitrogens with two attached hydrogens (primary N) is 1. The average Bonchev–Trinajstić information content (AvgIpc) is 2.48. The number of amides is 1. The maximum atomic E-state index is 11.6. The number of nitrogens with zero attached hydrogens (tertiary/aromatic N) is 1. The Morgan fingerprint density at radius 2 is 2.06 bits per heavy atom. The smallest absolute Gasteiger partial charge is 0.351 e. The van der Waals surface area contributed by atoms with E-state index in [0.717, 1.165) is 5.56 Å². The Kier molecular flexibility index (Phi) is 2.52. The highest BCUT2D eigenvalue weighted by atomic mass is 16.3. The predicted molar refractivity (Wildman–Crippen MR) is 59.1 cm³/mol. The third-order valence-electron chi connectivity index (χ3n) is 2.77. The molecule has 1 aliphatic heterocycles. The van der Waals surface area contributed by atoms with Crippen LogP contribution in [0.15, 0.2) is 24.3 Å². The quantitative estimate of drug-likeness (QED) is 0.582. The van der Waals surface area contributed by atoms with Crippen LogP contribution in [-0.2, 0) is 11.2 Å². The molecule has 0 saturated heterocycles. The SMILES string of the molecule is C[N+]1=C(N)NC(=O)[C@H]1Cc1ccc(O)cc1. The highest BCUT2D eigenvalue weighted by Crippen LogP contribution is 2.13. The van der Waals surface area contributed by atoms with Gasteiger partial charge in [0, 0.05) is 6.42 Å². The van der Waals surface area contributed by atoms with Crippen molar-refractivity contribution in [3.8, 4) is 5.75 Å². The molecule has 0 saturated carbocycles. The van der Waals surface area contributed by atoms with Gasteiger partial charge in [0.05, 0.1) is 7.05 Å². The van der Waals surface area contributed by atoms with Crippen LogP contribution >= 0.6 is 0 Å². The van der Waals surface area contributed by atoms with Crippen LogP contribution in [0.25, 0.3) is 0 Å². The van der Waals surface area contributed by atoms with Crippen molar-refractivity contribution in [1.29, 1.82) is 0 Å². The molecule has 2 rings (SSSR count). The van der Waals surface area contributed by atoms with Gasteiger partial charge in [-0.05, 0) is 17.7 Å². The van der Waals surface area contributed by atoms with Crippen molar-refractivity contribution in [3.05, 3.63) is 29.8 Å². The molecule has 5 nitrogen and oxygen atoms in total. The monoisotopic (exact) mass is 220 g/mol. The Balaban J connectivity index is 2.16. The number of hydrogen-bond donors (Lipinski definition) is 3. The summed E-state index contributed by atoms with van der Waals surface area (Å²) < 4.78 is 1.72. The van der Waals surface area contributed by atoms with Crippen molar-refractivity contribution in [3.63, 3.8) is 0 Å². The fourth-order valence-corrected chi connectivity index (χ4v) is 1.73. The summed E-state index contributed by atoms with van der Waals surface area (Å²) in [5.41, 5.74) is 6.59. The van der Waals surface area contributed by atoms with E-state index in [9.17, 15) is 4.79 Å². The Morgan fingerprint density at radius 3 is 2.56 bits per heavy atom. The summed E-state index contributed by atoms with van der Waals surface area (Å²) in [4.78, 5) is 11.6. The molecule has 0 unspecified atom stereocenters. The first kappa shape index (κ1) is 10.5. The molecule has 5 heteroatoms. The molecule has 0 bridgehead atoms. The maximum Gasteiger partial charge on any atom is 0.351 e. The number of nitrogens with one attached hydrogen (secondary N) is 1. The largest absolute Gasteiger partial charge is 0.508 e. The number of guanidine groups is 1. The van der Waals surface area contributed by atoms with Crippen LogP contribution in [0.5, 0.6) is 5.75 Å². The number of rotatable bonds is 2. The van der Waals surface area contributed by atoms with Crippen LogP contribution < -0.4 is 11.1 Å². The van der Waals surface area contributed by atoms with Gasteiger partial charge in [-0.1, -0.05) is 12.1 Å². The van der Waals surface area contributed by atoms with Gasteiger partial charge < -0.3 is 5.11 Å². The second kappa shape index (κ2) is 3.84. The van der Waals surface area contributed by atoms with Gasteiger partial charge in [0.25, 0.3) is 0 Å². The maximum absolute atomic E-state index is 11.6. The van der Waals surface area contributed by atoms with E-state index in [2.05, 4.69) is 5.32 Å². The molecule has 16 heavy (non-hydrogen) atoms. The van der Waals surface area contributed by atoms with E-state index in [1.807, 2.05) is 0 Å². The van der Waals surface area contributed by atoms with Gasteiger partial charge in [-0.3, -0.25) is 15.1 Å². The van der Waals surface area contributed by atoms with Gasteiger partial charge in [-0.2, -0.15) is 0 Å². The Hall–Kier alpha value is -2.04. The minimum absolute atomic E-state index is 0.0897. The van der Waals surface area contributed by atoms with Crippen LogP contribution in [0.4, 0.5) is 0 Å². The lowest BCUT2D eigenvalue weighted by Gasteiger charge is -2.07. The summed E-state index contributed by atoms with van der Waals surface area (Å²) in [5.74, 6) is 0.515. The predicted octanol–water partition coefficient (Wildman–Crippen LogP) is -0.610. The highest BCUT2D eigenvalue weighted by Gasteiger charge is 2.34. The number of phenolic OH excluding ortho intramolecular Hbond substituents is 1. The number of hydrogen-bond acceptors (Lipinski definition) is 3. The number of phenols is 1. The molecule has 1 aromatic carbocycles. The summed E-state index contributed by atoms with van der Waals surface area (Å²) in [7, 11) is 1.78. The second-order valence-electron chi connectivity index (χ2n) is 3.87. The van der Waals surface area contributed by atoms with E-state index in [-0.39, 0.29) is 17.7 Å². The number of likely N-dealkylation sites (N-methyl/N-ethyl adjacent to an activating group) is 1. The number of aromatic hydroxyl groups is 1. The molecule has 0 aliphatic carbocycles. The fraction of sp³-hybridized carbons (Fsp3) is 0.273. The highest BCUT2D eigenvalue weighted by molar-refractivity contribution is 5.99. The van der Waals surface area contributed by atoms with Crippen LogP contribution in [0, 0.1) is 0 Å². The molecule has 4 N–H and O–H groups in total. The molecule has 1 aromatic rings. The van der Waals surface area contributed by atoms with Gasteiger partial charge in [0.1, 0.15) is 5.75 Å². The average molecular weight is 220 g/mol. The molecule has 84 valence electrons. The minimum Gasteiger partial charge on any atom is -0.508 e. The number of benzene rings is 1. The summed E-state index contributed by atoms with van der Waals surface area (Å²) in [5, 5.41) is 11.7. The van der Waals surface area contributed by atoms with Crippen molar-refractivity contribution in [2.24, 2.45) is 5.73 Å². The van der Waals surface area contributed by atoms with Crippen molar-refractivity contribution in [2.45, 2.75) is 12.5 Å².